The molecule has 0 aliphatic heterocycles. The normalized spacial score (nSPS) is 17.4. The van der Waals surface area contributed by atoms with Crippen LogP contribution in [-0.4, -0.2) is 47.6 Å². The Kier molecular flexibility index (Phi) is 6.46. The minimum atomic E-state index is -0.00885. The molecule has 0 aromatic carbocycles. The maximum Gasteiger partial charge on any atom is 0.269 e. The second kappa shape index (κ2) is 8.34. The maximum absolute atomic E-state index is 11.9. The zero-order valence-electron chi connectivity index (χ0n) is 13.8. The highest BCUT2D eigenvalue weighted by molar-refractivity contribution is 5.92. The fourth-order valence-corrected chi connectivity index (χ4v) is 3.33. The first kappa shape index (κ1) is 17.0. The van der Waals surface area contributed by atoms with Crippen LogP contribution in [0.5, 0.6) is 0 Å². The number of hydrogen-bond donors (Lipinski definition) is 3. The van der Waals surface area contributed by atoms with E-state index in [2.05, 4.69) is 10.3 Å². The van der Waals surface area contributed by atoms with Gasteiger partial charge in [0.1, 0.15) is 5.69 Å². The molecule has 5 heteroatoms. The Morgan fingerprint density at radius 1 is 1.36 bits per heavy atom. The Bertz CT molecular complexity index is 464. The topological polar surface area (TPSA) is 68.4 Å². The summed E-state index contributed by atoms with van der Waals surface area (Å²) in [6, 6.07) is 4.16. The number of carbonyl (C=O) groups excluding carboxylic acids is 1. The van der Waals surface area contributed by atoms with Crippen LogP contribution in [0.1, 0.15) is 54.7 Å². The van der Waals surface area contributed by atoms with Gasteiger partial charge in [-0.25, -0.2) is 0 Å². The van der Waals surface area contributed by atoms with Gasteiger partial charge in [-0.15, -0.1) is 0 Å². The van der Waals surface area contributed by atoms with E-state index >= 15 is 0 Å². The molecule has 3 N–H and O–H groups in total. The van der Waals surface area contributed by atoms with Gasteiger partial charge in [-0.3, -0.25) is 4.79 Å². The van der Waals surface area contributed by atoms with Gasteiger partial charge in [-0.05, 0) is 37.3 Å². The van der Waals surface area contributed by atoms with E-state index in [1.807, 2.05) is 12.1 Å². The smallest absolute Gasteiger partial charge is 0.269 e. The number of hydrogen-bond acceptors (Lipinski definition) is 3. The van der Waals surface area contributed by atoms with Gasteiger partial charge in [0.2, 0.25) is 0 Å². The molecule has 1 aromatic rings. The molecular weight excluding hydrogens is 278 g/mol. The second-order valence-electron chi connectivity index (χ2n) is 6.49. The number of aromatic nitrogens is 1. The van der Waals surface area contributed by atoms with Crippen molar-refractivity contribution >= 4 is 5.91 Å². The van der Waals surface area contributed by atoms with Gasteiger partial charge in [0.05, 0.1) is 0 Å². The van der Waals surface area contributed by atoms with E-state index in [-0.39, 0.29) is 12.5 Å². The number of aromatic amines is 1. The van der Waals surface area contributed by atoms with Gasteiger partial charge >= 0.3 is 0 Å². The predicted octanol–water partition coefficient (Wildman–Crippen LogP) is 2.14. The van der Waals surface area contributed by atoms with Crippen molar-refractivity contribution in [3.8, 4) is 0 Å². The van der Waals surface area contributed by atoms with Crippen LogP contribution in [-0.2, 0) is 6.54 Å². The van der Waals surface area contributed by atoms with E-state index in [0.717, 1.165) is 12.1 Å². The summed E-state index contributed by atoms with van der Waals surface area (Å²) < 4.78 is 0. The molecule has 1 unspecified atom stereocenters. The molecule has 1 heterocycles. The largest absolute Gasteiger partial charge is 0.396 e. The standard InChI is InChI=1S/C17H29N3O2/c1-20(2)17(22)16-9-8-14(19-16)12-18-15(10-11-21)13-6-4-3-5-7-13/h8-9,13,15,18-19,21H,3-7,10-12H2,1-2H3. The summed E-state index contributed by atoms with van der Waals surface area (Å²) in [6.07, 6.45) is 7.26. The van der Waals surface area contributed by atoms with Crippen LogP contribution in [0.2, 0.25) is 0 Å². The molecular formula is C17H29N3O2. The number of aliphatic hydroxyl groups is 1. The highest BCUT2D eigenvalue weighted by Gasteiger charge is 2.23. The van der Waals surface area contributed by atoms with Gasteiger partial charge in [0.25, 0.3) is 5.91 Å². The van der Waals surface area contributed by atoms with Gasteiger partial charge < -0.3 is 20.3 Å². The number of amides is 1. The molecule has 1 amide bonds. The third-order valence-electron chi connectivity index (χ3n) is 4.60. The summed E-state index contributed by atoms with van der Waals surface area (Å²) in [7, 11) is 3.50. The van der Waals surface area contributed by atoms with Crippen LogP contribution in [0.3, 0.4) is 0 Å². The molecule has 1 saturated carbocycles. The van der Waals surface area contributed by atoms with Crippen molar-refractivity contribution < 1.29 is 9.90 Å². The summed E-state index contributed by atoms with van der Waals surface area (Å²) >= 11 is 0. The number of aliphatic hydroxyl groups excluding tert-OH is 1. The Morgan fingerprint density at radius 3 is 2.73 bits per heavy atom. The molecule has 2 rings (SSSR count). The quantitative estimate of drug-likeness (QED) is 0.723. The Morgan fingerprint density at radius 2 is 2.09 bits per heavy atom. The Hall–Kier alpha value is -1.33. The first-order chi connectivity index (χ1) is 10.6. The van der Waals surface area contributed by atoms with Crippen molar-refractivity contribution in [2.75, 3.05) is 20.7 Å². The van der Waals surface area contributed by atoms with Crippen LogP contribution in [0.15, 0.2) is 12.1 Å². The predicted molar refractivity (Wildman–Crippen MR) is 87.7 cm³/mol. The van der Waals surface area contributed by atoms with E-state index in [0.29, 0.717) is 24.2 Å². The molecule has 0 radical (unpaired) electrons. The van der Waals surface area contributed by atoms with Crippen molar-refractivity contribution in [3.05, 3.63) is 23.5 Å². The average Bonchev–Trinajstić information content (AvgIpc) is 3.00. The first-order valence-electron chi connectivity index (χ1n) is 8.35. The fraction of sp³-hybridized carbons (Fsp3) is 0.706. The number of H-pyrrole nitrogens is 1. The maximum atomic E-state index is 11.9. The zero-order chi connectivity index (χ0) is 15.9. The third-order valence-corrected chi connectivity index (χ3v) is 4.60. The molecule has 1 atom stereocenters. The minimum Gasteiger partial charge on any atom is -0.396 e. The van der Waals surface area contributed by atoms with Crippen molar-refractivity contribution in [1.29, 1.82) is 0 Å². The number of nitrogens with one attached hydrogen (secondary N) is 2. The van der Waals surface area contributed by atoms with Crippen LogP contribution >= 0.6 is 0 Å². The summed E-state index contributed by atoms with van der Waals surface area (Å²) in [5.41, 5.74) is 1.64. The molecule has 1 fully saturated rings. The lowest BCUT2D eigenvalue weighted by atomic mass is 9.82. The molecule has 22 heavy (non-hydrogen) atoms. The lowest BCUT2D eigenvalue weighted by molar-refractivity contribution is 0.0822. The van der Waals surface area contributed by atoms with Crippen molar-refractivity contribution in [3.63, 3.8) is 0 Å². The van der Waals surface area contributed by atoms with Crippen molar-refractivity contribution in [1.82, 2.24) is 15.2 Å². The van der Waals surface area contributed by atoms with E-state index in [9.17, 15) is 9.90 Å². The van der Waals surface area contributed by atoms with E-state index in [4.69, 9.17) is 0 Å². The van der Waals surface area contributed by atoms with Gasteiger partial charge in [-0.1, -0.05) is 19.3 Å². The number of carbonyl (C=O) groups is 1. The molecule has 1 aliphatic carbocycles. The van der Waals surface area contributed by atoms with Crippen molar-refractivity contribution in [2.24, 2.45) is 5.92 Å². The zero-order valence-corrected chi connectivity index (χ0v) is 13.8. The Labute approximate surface area is 133 Å². The van der Waals surface area contributed by atoms with Crippen LogP contribution in [0.4, 0.5) is 0 Å². The van der Waals surface area contributed by atoms with E-state index < -0.39 is 0 Å². The molecule has 5 nitrogen and oxygen atoms in total. The van der Waals surface area contributed by atoms with Gasteiger partial charge in [-0.2, -0.15) is 0 Å². The minimum absolute atomic E-state index is 0.00885. The highest BCUT2D eigenvalue weighted by Crippen LogP contribution is 2.27. The van der Waals surface area contributed by atoms with Crippen LogP contribution in [0, 0.1) is 5.92 Å². The number of nitrogens with zero attached hydrogens (tertiary/aromatic N) is 1. The lowest BCUT2D eigenvalue weighted by Gasteiger charge is -2.30. The average molecular weight is 307 g/mol. The molecule has 1 aromatic heterocycles. The molecule has 0 bridgehead atoms. The van der Waals surface area contributed by atoms with E-state index in [1.165, 1.54) is 32.1 Å². The first-order valence-corrected chi connectivity index (χ1v) is 8.35. The summed E-state index contributed by atoms with van der Waals surface area (Å²) in [5, 5.41) is 12.9. The number of rotatable bonds is 7. The highest BCUT2D eigenvalue weighted by atomic mass is 16.3. The fourth-order valence-electron chi connectivity index (χ4n) is 3.33. The molecule has 124 valence electrons. The third kappa shape index (κ3) is 4.58. The van der Waals surface area contributed by atoms with Gasteiger partial charge in [0, 0.05) is 39.0 Å². The molecule has 0 saturated heterocycles. The van der Waals surface area contributed by atoms with Gasteiger partial charge in [0.15, 0.2) is 0 Å². The lowest BCUT2D eigenvalue weighted by Crippen LogP contribution is -2.37. The van der Waals surface area contributed by atoms with Crippen LogP contribution < -0.4 is 5.32 Å². The SMILES string of the molecule is CN(C)C(=O)c1ccc(CNC(CCO)C2CCCCC2)[nH]1. The summed E-state index contributed by atoms with van der Waals surface area (Å²) in [5.74, 6) is 0.657. The Balaban J connectivity index is 1.90. The van der Waals surface area contributed by atoms with E-state index in [1.54, 1.807) is 19.0 Å². The summed E-state index contributed by atoms with van der Waals surface area (Å²) in [4.78, 5) is 16.6. The summed E-state index contributed by atoms with van der Waals surface area (Å²) in [6.45, 7) is 0.936. The molecule has 0 spiro atoms. The van der Waals surface area contributed by atoms with Crippen molar-refractivity contribution in [2.45, 2.75) is 51.1 Å². The van der Waals surface area contributed by atoms with Crippen LogP contribution in [0.25, 0.3) is 0 Å². The monoisotopic (exact) mass is 307 g/mol. The molecule has 1 aliphatic rings. The second-order valence-corrected chi connectivity index (χ2v) is 6.49.